The maximum absolute atomic E-state index is 12.3. The number of amides is 4. The van der Waals surface area contributed by atoms with Crippen molar-refractivity contribution in [1.82, 2.24) is 19.6 Å². The number of piperidine rings is 2. The van der Waals surface area contributed by atoms with Crippen LogP contribution in [-0.2, 0) is 42.5 Å². The van der Waals surface area contributed by atoms with E-state index in [0.717, 1.165) is 118 Å². The van der Waals surface area contributed by atoms with Gasteiger partial charge < -0.3 is 77.8 Å². The summed E-state index contributed by atoms with van der Waals surface area (Å²) in [5, 5.41) is 27.6. The Balaban J connectivity index is 0.000000254. The number of rotatable bonds is 9. The Morgan fingerprint density at radius 3 is 0.985 bits per heavy atom. The molecule has 4 amide bonds. The first-order valence-electron chi connectivity index (χ1n) is 46.0. The van der Waals surface area contributed by atoms with Crippen LogP contribution in [0.15, 0.2) is 209 Å². The van der Waals surface area contributed by atoms with Crippen LogP contribution in [-0.4, -0.2) is 211 Å². The Labute approximate surface area is 835 Å². The van der Waals surface area contributed by atoms with Crippen LogP contribution in [0.1, 0.15) is 245 Å². The average Bonchev–Trinajstić information content (AvgIpc) is 1.59. The van der Waals surface area contributed by atoms with Crippen LogP contribution < -0.4 is 18.9 Å². The molecule has 30 heteroatoms. The Hall–Kier alpha value is -11.2. The van der Waals surface area contributed by atoms with Gasteiger partial charge in [0.25, 0.3) is 0 Å². The predicted octanol–water partition coefficient (Wildman–Crippen LogP) is 22.4. The van der Waals surface area contributed by atoms with Crippen molar-refractivity contribution >= 4 is 153 Å². The first-order chi connectivity index (χ1) is 64.1. The molecule has 0 aliphatic carbocycles. The number of carboxylic acids is 2. The van der Waals surface area contributed by atoms with E-state index in [0.29, 0.717) is 92.0 Å². The van der Waals surface area contributed by atoms with E-state index in [2.05, 4.69) is 62.2 Å². The number of carbonyl (C=O) groups excluding carboxylic acids is 7. The van der Waals surface area contributed by atoms with Crippen LogP contribution in [0.5, 0.6) is 0 Å². The van der Waals surface area contributed by atoms with Gasteiger partial charge in [0.2, 0.25) is 0 Å². The number of carbonyl (C=O) groups is 9. The summed E-state index contributed by atoms with van der Waals surface area (Å²) in [5.74, 6) is -2.12. The van der Waals surface area contributed by atoms with Gasteiger partial charge in [-0.15, -0.1) is 0 Å². The molecule has 730 valence electrons. The standard InChI is InChI=1S/C22H27NO4.C22H25NO4.C21H25NO4.C16H28BNO4.C12H9BrO2.C11H7BrO2.C2H6.CH3F.Li.H2O/c2*1-22(2,3)27-21(25)23-13-11-15(12-14-23)16-7-5-9-18-17(16)8-6-10-19(18)20(24)26-4;1-21(2,3)26-20(25)22-12-10-14(11-13-22)15-6-4-8-17-16(15)7-5-9-18(17)19(23)24;1-14(2,3)20-13(19)18-10-8-12(9-11-18)17-21-15(4,5)16(6,7)22-17;1-15-12(14)10-6-2-5-9-8(10)4-3-7-11(9)13;12-10-6-2-3-7-8(10)4-1-5-9(7)11(13)14;2*1-2;;/h5-10,15H,11-14H2,1-4H3;5-11H,12-14H2,1-4H3;4-9,14H,10-13H2,1-3H3,(H,23,24);8H,9-11H2,1-7H3;2-7H,1H3;1-6H,(H,13,14);1-2H3;1H3;;1H2/q;;;;;;;;+1;/p-1/i;;;;;;;1D;;. The topological polar surface area (TPSA) is 320 Å². The van der Waals surface area contributed by atoms with Gasteiger partial charge in [-0.05, 0) is 285 Å². The molecule has 0 aromatic heterocycles. The van der Waals surface area contributed by atoms with Gasteiger partial charge in [-0.1, -0.05) is 197 Å². The molecule has 0 saturated carbocycles. The van der Waals surface area contributed by atoms with E-state index in [4.69, 9.17) is 48.9 Å². The van der Waals surface area contributed by atoms with Gasteiger partial charge in [0.1, 0.15) is 22.4 Å². The predicted molar refractivity (Wildman–Crippen MR) is 540 cm³/mol. The molecule has 5 heterocycles. The number of fused-ring (bicyclic) bond motifs is 5. The van der Waals surface area contributed by atoms with E-state index in [1.54, 1.807) is 62.1 Å². The van der Waals surface area contributed by atoms with Crippen molar-refractivity contribution in [3.8, 4) is 0 Å². The van der Waals surface area contributed by atoms with E-state index in [9.17, 15) is 52.6 Å². The molecule has 3 fully saturated rings. The molecule has 5 aliphatic heterocycles. The summed E-state index contributed by atoms with van der Waals surface area (Å²) in [6, 6.07) is 56.8. The van der Waals surface area contributed by atoms with E-state index in [1.165, 1.54) is 32.5 Å². The van der Waals surface area contributed by atoms with Crippen LogP contribution in [0.25, 0.3) is 59.4 Å². The van der Waals surface area contributed by atoms with Gasteiger partial charge in [-0.25, -0.2) is 43.2 Å². The summed E-state index contributed by atoms with van der Waals surface area (Å²) in [5.41, 5.74) is 5.56. The summed E-state index contributed by atoms with van der Waals surface area (Å²) < 4.78 is 65.8. The van der Waals surface area contributed by atoms with E-state index >= 15 is 0 Å². The smallest absolute Gasteiger partial charge is 0.870 e. The van der Waals surface area contributed by atoms with Crippen molar-refractivity contribution in [2.45, 2.75) is 209 Å². The molecule has 0 radical (unpaired) electrons. The number of ether oxygens (including phenoxy) is 7. The first-order valence-corrected chi connectivity index (χ1v) is 46.8. The second-order valence-electron chi connectivity index (χ2n) is 37.5. The molecular formula is C107H131BBr2FLiN4O21. The van der Waals surface area contributed by atoms with Crippen LogP contribution in [0.4, 0.5) is 23.6 Å². The van der Waals surface area contributed by atoms with Crippen LogP contribution in [0.2, 0.25) is 0 Å². The molecule has 25 nitrogen and oxygen atoms in total. The molecule has 5 aliphatic rings. The van der Waals surface area contributed by atoms with E-state index < -0.39 is 41.5 Å². The Kier molecular flexibility index (Phi) is 42.0. The van der Waals surface area contributed by atoms with Crippen LogP contribution in [0.3, 0.4) is 0 Å². The maximum atomic E-state index is 12.3. The molecule has 10 aromatic carbocycles. The zero-order valence-corrected chi connectivity index (χ0v) is 86.1. The number of aromatic carboxylic acids is 2. The number of methoxy groups -OCH3 is 3. The van der Waals surface area contributed by atoms with Gasteiger partial charge in [-0.3, -0.25) is 4.39 Å². The van der Waals surface area contributed by atoms with Gasteiger partial charge in [0.05, 0.1) is 68.9 Å². The van der Waals surface area contributed by atoms with Crippen molar-refractivity contribution in [3.63, 3.8) is 0 Å². The molecule has 3 N–H and O–H groups in total. The Bertz CT molecular complexity index is 5960. The number of benzene rings is 10. The third-order valence-electron chi connectivity index (χ3n) is 23.1. The minimum Gasteiger partial charge on any atom is -0.870 e. The third-order valence-corrected chi connectivity index (χ3v) is 24.5. The Morgan fingerprint density at radius 2 is 0.664 bits per heavy atom. The summed E-state index contributed by atoms with van der Waals surface area (Å²) >= 11 is 6.84. The van der Waals surface area contributed by atoms with Crippen molar-refractivity contribution in [3.05, 3.63) is 253 Å². The average molecular weight is 2010 g/mol. The van der Waals surface area contributed by atoms with Crippen molar-refractivity contribution < 1.29 is 126 Å². The molecule has 10 aromatic rings. The van der Waals surface area contributed by atoms with Crippen molar-refractivity contribution in [2.24, 2.45) is 0 Å². The number of halogens is 3. The summed E-state index contributed by atoms with van der Waals surface area (Å²) in [6.07, 6.45) is 7.95. The first kappa shape index (κ1) is 113. The van der Waals surface area contributed by atoms with Crippen LogP contribution >= 0.6 is 31.9 Å². The monoisotopic (exact) mass is 2000 g/mol. The molecule has 15 rings (SSSR count). The van der Waals surface area contributed by atoms with Crippen molar-refractivity contribution in [2.75, 3.05) is 80.8 Å². The molecule has 0 bridgehead atoms. The second-order valence-corrected chi connectivity index (χ2v) is 39.2. The van der Waals surface area contributed by atoms with E-state index in [-0.39, 0.29) is 84.9 Å². The quantitative estimate of drug-likeness (QED) is 0.0770. The minimum absolute atomic E-state index is 0. The number of alkyl halides is 1. The number of hydrogen-bond donors (Lipinski definition) is 2. The molecule has 0 unspecified atom stereocenters. The summed E-state index contributed by atoms with van der Waals surface area (Å²) in [7, 11) is 2.86. The van der Waals surface area contributed by atoms with Gasteiger partial charge in [0, 0.05) is 61.3 Å². The Morgan fingerprint density at radius 1 is 0.394 bits per heavy atom. The SMILES string of the molecule is CC.CC(C)(C)OC(=O)N1CC=C(B2OC(C)(C)C(C)(C)O2)CC1.CC(C)(C)OC(=O)N1CCC(c2cccc3c(C(=O)O)cccc23)CC1.COC(=O)c1cccc2c(Br)cccc12.COC(=O)c1cccc2c(C3=CCN(C(=O)OC(C)(C)C)CC3)cccc12.COC(=O)c1cccc2c(C3CCN(C(=O)OC(C)(C)C)CC3)cccc12.O=C(O)c1cccc2c(Br)cccc12.[2H]CF.[Li+].[OH-]. The van der Waals surface area contributed by atoms with Gasteiger partial charge in [-0.2, -0.15) is 0 Å². The second kappa shape index (κ2) is 51.0. The summed E-state index contributed by atoms with van der Waals surface area (Å²) in [6.45, 7) is 39.6. The summed E-state index contributed by atoms with van der Waals surface area (Å²) in [4.78, 5) is 114. The molecular weight excluding hydrogens is 1870 g/mol. The molecule has 3 saturated heterocycles. The fourth-order valence-corrected chi connectivity index (χ4v) is 16.9. The maximum Gasteiger partial charge on any atom is 1.00 e. The molecule has 0 spiro atoms. The number of esters is 3. The zero-order chi connectivity index (χ0) is 101. The van der Waals surface area contributed by atoms with E-state index in [1.807, 2.05) is 246 Å². The van der Waals surface area contributed by atoms with Crippen LogP contribution in [0, 0.1) is 0 Å². The minimum atomic E-state index is -1.00. The third kappa shape index (κ3) is 31.2. The largest absolute Gasteiger partial charge is 1.00 e. The van der Waals surface area contributed by atoms with Gasteiger partial charge in [0.15, 0.2) is 0 Å². The number of hydrogen-bond acceptors (Lipinski definition) is 19. The zero-order valence-electron chi connectivity index (χ0n) is 83.9. The molecule has 0 atom stereocenters. The fourth-order valence-electron chi connectivity index (χ4n) is 15.9. The van der Waals surface area contributed by atoms with Crippen molar-refractivity contribution in [1.29, 1.82) is 0 Å². The number of likely N-dealkylation sites (tertiary alicyclic amines) is 2. The molecule has 137 heavy (non-hydrogen) atoms. The fraction of sp³-hybridized carbons (Fsp3) is 0.411. The normalized spacial score (nSPS) is 15.2. The number of nitrogens with zero attached hydrogens (tertiary/aromatic N) is 4. The van der Waals surface area contributed by atoms with Gasteiger partial charge >= 0.3 is 80.2 Å². The number of carboxylic acid groups (broad SMARTS) is 2.